The van der Waals surface area contributed by atoms with Crippen LogP contribution in [0.1, 0.15) is 30.1 Å². The van der Waals surface area contributed by atoms with Crippen molar-refractivity contribution in [1.29, 1.82) is 0 Å². The molecule has 0 aliphatic rings. The Morgan fingerprint density at radius 2 is 2.00 bits per heavy atom. The first-order chi connectivity index (χ1) is 7.15. The summed E-state index contributed by atoms with van der Waals surface area (Å²) < 4.78 is 30.1. The Morgan fingerprint density at radius 3 is 2.56 bits per heavy atom. The first-order valence-corrected chi connectivity index (χ1v) is 4.77. The molecule has 0 amide bonds. The molecule has 0 radical (unpaired) electrons. The summed E-state index contributed by atoms with van der Waals surface area (Å²) in [6.07, 6.45) is 1.67. The zero-order valence-corrected chi connectivity index (χ0v) is 9.65. The smallest absolute Gasteiger partial charge is 0.338 e. The maximum atomic E-state index is 12.7. The second-order valence-corrected chi connectivity index (χ2v) is 3.12. The Kier molecular flexibility index (Phi) is 6.65. The Hall–Kier alpha value is -1.16. The van der Waals surface area contributed by atoms with Crippen LogP contribution < -0.4 is 0 Å². The zero-order valence-electron chi connectivity index (χ0n) is 8.83. The van der Waals surface area contributed by atoms with Crippen molar-refractivity contribution in [2.75, 3.05) is 6.61 Å². The van der Waals surface area contributed by atoms with E-state index in [0.717, 1.165) is 25.0 Å². The normalized spacial score (nSPS) is 9.44. The van der Waals surface area contributed by atoms with Crippen LogP contribution in [0.5, 0.6) is 0 Å². The number of carbonyl (C=O) groups is 1. The summed E-state index contributed by atoms with van der Waals surface area (Å²) in [6, 6.07) is 2.95. The molecule has 5 heteroatoms. The maximum absolute atomic E-state index is 12.7. The summed E-state index contributed by atoms with van der Waals surface area (Å²) in [7, 11) is 0. The van der Waals surface area contributed by atoms with E-state index in [-0.39, 0.29) is 18.0 Å². The standard InChI is InChI=1S/C11H12F2O2.ClH/c1-2-3-6-15-11(14)8-4-5-9(12)10(13)7-8;/h4-5,7H,2-3,6H2,1H3;1H. The first-order valence-electron chi connectivity index (χ1n) is 4.77. The number of ether oxygens (including phenoxy) is 1. The van der Waals surface area contributed by atoms with Crippen LogP contribution in [-0.4, -0.2) is 12.6 Å². The van der Waals surface area contributed by atoms with Gasteiger partial charge in [0, 0.05) is 0 Å². The molecule has 90 valence electrons. The summed E-state index contributed by atoms with van der Waals surface area (Å²) in [5, 5.41) is 0. The van der Waals surface area contributed by atoms with Gasteiger partial charge in [0.2, 0.25) is 0 Å². The van der Waals surface area contributed by atoms with E-state index >= 15 is 0 Å². The van der Waals surface area contributed by atoms with E-state index in [1.54, 1.807) is 0 Å². The Labute approximate surface area is 99.0 Å². The van der Waals surface area contributed by atoms with Gasteiger partial charge in [-0.15, -0.1) is 12.4 Å². The Morgan fingerprint density at radius 1 is 1.31 bits per heavy atom. The lowest BCUT2D eigenvalue weighted by atomic mass is 10.2. The minimum Gasteiger partial charge on any atom is -0.462 e. The third kappa shape index (κ3) is 4.14. The number of unbranched alkanes of at least 4 members (excludes halogenated alkanes) is 1. The average Bonchev–Trinajstić information content (AvgIpc) is 2.22. The molecule has 0 N–H and O–H groups in total. The molecule has 2 nitrogen and oxygen atoms in total. The van der Waals surface area contributed by atoms with E-state index in [4.69, 9.17) is 4.74 Å². The number of esters is 1. The Bertz CT molecular complexity index is 356. The van der Waals surface area contributed by atoms with Gasteiger partial charge < -0.3 is 4.74 Å². The molecule has 1 rings (SSSR count). The van der Waals surface area contributed by atoms with Gasteiger partial charge in [-0.25, -0.2) is 13.6 Å². The highest BCUT2D eigenvalue weighted by Crippen LogP contribution is 2.09. The van der Waals surface area contributed by atoms with Crippen molar-refractivity contribution in [2.45, 2.75) is 19.8 Å². The lowest BCUT2D eigenvalue weighted by molar-refractivity contribution is 0.0499. The van der Waals surface area contributed by atoms with Crippen LogP contribution in [0.3, 0.4) is 0 Å². The van der Waals surface area contributed by atoms with Crippen LogP contribution in [-0.2, 0) is 4.74 Å². The van der Waals surface area contributed by atoms with E-state index in [1.807, 2.05) is 6.92 Å². The number of hydrogen-bond donors (Lipinski definition) is 0. The van der Waals surface area contributed by atoms with Gasteiger partial charge in [-0.1, -0.05) is 13.3 Å². The molecule has 1 aromatic rings. The molecule has 0 aliphatic carbocycles. The van der Waals surface area contributed by atoms with Gasteiger partial charge >= 0.3 is 5.97 Å². The van der Waals surface area contributed by atoms with Gasteiger partial charge in [0.15, 0.2) is 11.6 Å². The second kappa shape index (κ2) is 7.17. The van der Waals surface area contributed by atoms with Gasteiger partial charge in [-0.05, 0) is 24.6 Å². The summed E-state index contributed by atoms with van der Waals surface area (Å²) in [6.45, 7) is 2.26. The van der Waals surface area contributed by atoms with E-state index in [2.05, 4.69) is 0 Å². The molecule has 0 fully saturated rings. The molecule has 0 spiro atoms. The van der Waals surface area contributed by atoms with Gasteiger partial charge in [-0.3, -0.25) is 0 Å². The molecule has 0 bridgehead atoms. The fourth-order valence-electron chi connectivity index (χ4n) is 1.02. The number of benzene rings is 1. The molecular weight excluding hydrogens is 238 g/mol. The van der Waals surface area contributed by atoms with Gasteiger partial charge in [0.25, 0.3) is 0 Å². The molecule has 16 heavy (non-hydrogen) atoms. The van der Waals surface area contributed by atoms with Crippen molar-refractivity contribution < 1.29 is 18.3 Å². The van der Waals surface area contributed by atoms with Gasteiger partial charge in [-0.2, -0.15) is 0 Å². The van der Waals surface area contributed by atoms with Crippen molar-refractivity contribution in [3.63, 3.8) is 0 Å². The first kappa shape index (κ1) is 14.8. The summed E-state index contributed by atoms with van der Waals surface area (Å²) in [4.78, 5) is 11.3. The third-order valence-electron chi connectivity index (χ3n) is 1.89. The highest BCUT2D eigenvalue weighted by Gasteiger charge is 2.10. The largest absolute Gasteiger partial charge is 0.462 e. The summed E-state index contributed by atoms with van der Waals surface area (Å²) >= 11 is 0. The van der Waals surface area contributed by atoms with E-state index in [9.17, 15) is 13.6 Å². The van der Waals surface area contributed by atoms with Crippen molar-refractivity contribution >= 4 is 18.4 Å². The van der Waals surface area contributed by atoms with E-state index in [0.29, 0.717) is 6.61 Å². The molecule has 0 saturated carbocycles. The van der Waals surface area contributed by atoms with Crippen LogP contribution in [0.15, 0.2) is 18.2 Å². The highest BCUT2D eigenvalue weighted by molar-refractivity contribution is 5.89. The fraction of sp³-hybridized carbons (Fsp3) is 0.364. The molecule has 0 aromatic heterocycles. The van der Waals surface area contributed by atoms with Crippen LogP contribution in [0.2, 0.25) is 0 Å². The minimum atomic E-state index is -1.04. The van der Waals surface area contributed by atoms with Crippen molar-refractivity contribution in [3.8, 4) is 0 Å². The maximum Gasteiger partial charge on any atom is 0.338 e. The Balaban J connectivity index is 0.00000225. The van der Waals surface area contributed by atoms with Crippen LogP contribution in [0.4, 0.5) is 8.78 Å². The van der Waals surface area contributed by atoms with Crippen molar-refractivity contribution in [3.05, 3.63) is 35.4 Å². The molecule has 0 unspecified atom stereocenters. The predicted octanol–water partition coefficient (Wildman–Crippen LogP) is 3.34. The number of rotatable bonds is 4. The lowest BCUT2D eigenvalue weighted by Crippen LogP contribution is -2.07. The summed E-state index contributed by atoms with van der Waals surface area (Å²) in [5.74, 6) is -2.64. The van der Waals surface area contributed by atoms with Crippen molar-refractivity contribution in [2.24, 2.45) is 0 Å². The molecule has 0 saturated heterocycles. The second-order valence-electron chi connectivity index (χ2n) is 3.12. The van der Waals surface area contributed by atoms with Crippen LogP contribution in [0.25, 0.3) is 0 Å². The quantitative estimate of drug-likeness (QED) is 0.605. The zero-order chi connectivity index (χ0) is 11.3. The third-order valence-corrected chi connectivity index (χ3v) is 1.89. The lowest BCUT2D eigenvalue weighted by Gasteiger charge is -2.03. The number of hydrogen-bond acceptors (Lipinski definition) is 2. The van der Waals surface area contributed by atoms with E-state index in [1.165, 1.54) is 6.07 Å². The van der Waals surface area contributed by atoms with E-state index < -0.39 is 17.6 Å². The number of carbonyl (C=O) groups excluding carboxylic acids is 1. The highest BCUT2D eigenvalue weighted by atomic mass is 35.5. The van der Waals surface area contributed by atoms with Crippen molar-refractivity contribution in [1.82, 2.24) is 0 Å². The van der Waals surface area contributed by atoms with Gasteiger partial charge in [0.1, 0.15) is 0 Å². The summed E-state index contributed by atoms with van der Waals surface area (Å²) in [5.41, 5.74) is 0.0324. The molecule has 1 aromatic carbocycles. The van der Waals surface area contributed by atoms with Crippen LogP contribution in [0, 0.1) is 11.6 Å². The predicted molar refractivity (Wildman–Crippen MR) is 58.8 cm³/mol. The molecule has 0 heterocycles. The topological polar surface area (TPSA) is 26.3 Å². The van der Waals surface area contributed by atoms with Gasteiger partial charge in [0.05, 0.1) is 12.2 Å². The minimum absolute atomic E-state index is 0. The number of halogens is 3. The molecular formula is C11H13ClF2O2. The fourth-order valence-corrected chi connectivity index (χ4v) is 1.02. The molecule has 0 aliphatic heterocycles. The molecule has 0 atom stereocenters. The SMILES string of the molecule is CCCCOC(=O)c1ccc(F)c(F)c1.Cl. The van der Waals surface area contributed by atoms with Crippen LogP contribution >= 0.6 is 12.4 Å². The monoisotopic (exact) mass is 250 g/mol. The average molecular weight is 251 g/mol.